The Morgan fingerprint density at radius 1 is 1.16 bits per heavy atom. The minimum Gasteiger partial charge on any atom is -0.485 e. The van der Waals surface area contributed by atoms with Gasteiger partial charge in [0.25, 0.3) is 5.56 Å². The second-order valence-corrected chi connectivity index (χ2v) is 7.34. The van der Waals surface area contributed by atoms with Crippen LogP contribution in [0.1, 0.15) is 44.7 Å². The van der Waals surface area contributed by atoms with Crippen molar-refractivity contribution in [1.29, 1.82) is 0 Å². The molecule has 0 radical (unpaired) electrons. The summed E-state index contributed by atoms with van der Waals surface area (Å²) in [5.41, 5.74) is 1.32. The monoisotopic (exact) mass is 366 g/mol. The van der Waals surface area contributed by atoms with Gasteiger partial charge in [-0.05, 0) is 51.2 Å². The molecule has 0 bridgehead atoms. The van der Waals surface area contributed by atoms with Crippen molar-refractivity contribution in [3.8, 4) is 5.75 Å². The quantitative estimate of drug-likeness (QED) is 0.676. The number of rotatable bonds is 7. The molecule has 0 aliphatic rings. The van der Waals surface area contributed by atoms with Crippen molar-refractivity contribution in [3.05, 3.63) is 57.0 Å². The predicted molar refractivity (Wildman–Crippen MR) is 98.2 cm³/mol. The maximum atomic E-state index is 12.3. The fourth-order valence-corrected chi connectivity index (χ4v) is 2.57. The van der Waals surface area contributed by atoms with Gasteiger partial charge in [0.1, 0.15) is 6.61 Å². The van der Waals surface area contributed by atoms with Crippen LogP contribution in [0.2, 0.25) is 5.02 Å². The zero-order valence-electron chi connectivity index (χ0n) is 14.9. The van der Waals surface area contributed by atoms with E-state index in [1.54, 1.807) is 0 Å². The Morgan fingerprint density at radius 2 is 1.80 bits per heavy atom. The summed E-state index contributed by atoms with van der Waals surface area (Å²) in [6.45, 7) is 5.67. The van der Waals surface area contributed by atoms with E-state index in [9.17, 15) is 9.18 Å². The number of nitrogens with zero attached hydrogens (tertiary/aromatic N) is 2. The molecule has 0 aliphatic heterocycles. The van der Waals surface area contributed by atoms with Crippen LogP contribution in [0.25, 0.3) is 0 Å². The highest BCUT2D eigenvalue weighted by Gasteiger charge is 2.19. The van der Waals surface area contributed by atoms with Crippen LogP contribution in [0.3, 0.4) is 0 Å². The van der Waals surface area contributed by atoms with Gasteiger partial charge in [-0.3, -0.25) is 9.18 Å². The molecule has 0 fully saturated rings. The first kappa shape index (κ1) is 19.4. The normalized spacial score (nSPS) is 11.6. The van der Waals surface area contributed by atoms with Crippen LogP contribution < -0.4 is 10.3 Å². The Kier molecular flexibility index (Phi) is 6.59. The number of alkyl halides is 1. The molecular formula is C19H24ClFN2O2. The molecule has 0 unspecified atom stereocenters. The van der Waals surface area contributed by atoms with Gasteiger partial charge >= 0.3 is 0 Å². The summed E-state index contributed by atoms with van der Waals surface area (Å²) in [7, 11) is 0. The highest BCUT2D eigenvalue weighted by molar-refractivity contribution is 6.31. The first-order valence-corrected chi connectivity index (χ1v) is 8.75. The number of aryl methyl sites for hydroxylation is 1. The topological polar surface area (TPSA) is 44.1 Å². The smallest absolute Gasteiger partial charge is 0.289 e. The molecule has 25 heavy (non-hydrogen) atoms. The average molecular weight is 367 g/mol. The number of ether oxygens (including phenoxy) is 1. The SMILES string of the molecule is CC(C)(C)n1ncc(OCc2ccc(CCCCF)cc2)c(Cl)c1=O. The molecule has 0 saturated heterocycles. The van der Waals surface area contributed by atoms with Gasteiger partial charge in [0.15, 0.2) is 10.8 Å². The highest BCUT2D eigenvalue weighted by Crippen LogP contribution is 2.22. The molecule has 0 saturated carbocycles. The second-order valence-electron chi connectivity index (χ2n) is 6.96. The maximum Gasteiger partial charge on any atom is 0.289 e. The van der Waals surface area contributed by atoms with E-state index in [1.165, 1.54) is 16.4 Å². The van der Waals surface area contributed by atoms with E-state index >= 15 is 0 Å². The van der Waals surface area contributed by atoms with Crippen LogP contribution >= 0.6 is 11.6 Å². The number of aromatic nitrogens is 2. The van der Waals surface area contributed by atoms with Crippen molar-refractivity contribution >= 4 is 11.6 Å². The molecular weight excluding hydrogens is 343 g/mol. The lowest BCUT2D eigenvalue weighted by Gasteiger charge is -2.21. The summed E-state index contributed by atoms with van der Waals surface area (Å²) in [5, 5.41) is 4.18. The number of halogens is 2. The molecule has 136 valence electrons. The number of unbranched alkanes of at least 4 members (excludes halogenated alkanes) is 1. The number of hydrogen-bond acceptors (Lipinski definition) is 3. The highest BCUT2D eigenvalue weighted by atomic mass is 35.5. The molecule has 0 aliphatic carbocycles. The molecule has 4 nitrogen and oxygen atoms in total. The van der Waals surface area contributed by atoms with Crippen molar-refractivity contribution in [2.75, 3.05) is 6.67 Å². The van der Waals surface area contributed by atoms with Crippen molar-refractivity contribution in [2.45, 2.75) is 52.2 Å². The zero-order valence-corrected chi connectivity index (χ0v) is 15.6. The maximum absolute atomic E-state index is 12.3. The first-order chi connectivity index (χ1) is 11.8. The lowest BCUT2D eigenvalue weighted by molar-refractivity contribution is 0.292. The average Bonchev–Trinajstić information content (AvgIpc) is 2.56. The van der Waals surface area contributed by atoms with E-state index in [0.717, 1.165) is 18.4 Å². The van der Waals surface area contributed by atoms with E-state index in [1.807, 2.05) is 45.0 Å². The van der Waals surface area contributed by atoms with Crippen molar-refractivity contribution in [2.24, 2.45) is 0 Å². The molecule has 0 N–H and O–H groups in total. The summed E-state index contributed by atoms with van der Waals surface area (Å²) < 4.78 is 19.1. The third-order valence-electron chi connectivity index (χ3n) is 3.79. The molecule has 1 aromatic carbocycles. The molecule has 2 rings (SSSR count). The van der Waals surface area contributed by atoms with E-state index in [-0.39, 0.29) is 23.0 Å². The first-order valence-electron chi connectivity index (χ1n) is 8.38. The lowest BCUT2D eigenvalue weighted by Crippen LogP contribution is -2.36. The van der Waals surface area contributed by atoms with Crippen LogP contribution in [0.15, 0.2) is 35.3 Å². The standard InChI is InChI=1S/C19H24ClFN2O2/c1-19(2,3)23-18(24)17(20)16(12-22-23)25-13-15-9-7-14(8-10-15)6-4-5-11-21/h7-10,12H,4-6,11,13H2,1-3H3. The predicted octanol–water partition coefficient (Wildman–Crippen LogP) is 4.52. The molecule has 0 spiro atoms. The minimum atomic E-state index is -0.447. The second kappa shape index (κ2) is 8.48. The van der Waals surface area contributed by atoms with E-state index in [2.05, 4.69) is 5.10 Å². The Morgan fingerprint density at radius 3 is 2.40 bits per heavy atom. The van der Waals surface area contributed by atoms with Gasteiger partial charge in [-0.1, -0.05) is 35.9 Å². The van der Waals surface area contributed by atoms with E-state index in [4.69, 9.17) is 16.3 Å². The molecule has 2 aromatic rings. The van der Waals surface area contributed by atoms with Crippen LogP contribution in [-0.4, -0.2) is 16.5 Å². The Labute approximate surface area is 152 Å². The van der Waals surface area contributed by atoms with Gasteiger partial charge in [0, 0.05) is 0 Å². The van der Waals surface area contributed by atoms with Crippen LogP contribution in [0, 0.1) is 0 Å². The van der Waals surface area contributed by atoms with Crippen LogP contribution in [0.5, 0.6) is 5.75 Å². The third kappa shape index (κ3) is 5.30. The Bertz CT molecular complexity index is 751. The van der Waals surface area contributed by atoms with Gasteiger partial charge in [-0.15, -0.1) is 0 Å². The fourth-order valence-electron chi connectivity index (χ4n) is 2.38. The minimum absolute atomic E-state index is 0.0350. The Balaban J connectivity index is 2.02. The van der Waals surface area contributed by atoms with Crippen LogP contribution in [-0.2, 0) is 18.6 Å². The lowest BCUT2D eigenvalue weighted by atomic mass is 10.1. The van der Waals surface area contributed by atoms with Crippen molar-refractivity contribution in [1.82, 2.24) is 9.78 Å². The largest absolute Gasteiger partial charge is 0.485 e. The van der Waals surface area contributed by atoms with Crippen molar-refractivity contribution in [3.63, 3.8) is 0 Å². The summed E-state index contributed by atoms with van der Waals surface area (Å²) in [6.07, 6.45) is 3.78. The van der Waals surface area contributed by atoms with E-state index < -0.39 is 5.54 Å². The van der Waals surface area contributed by atoms with Gasteiger partial charge in [0.2, 0.25) is 0 Å². The summed E-state index contributed by atoms with van der Waals surface area (Å²) in [5.74, 6) is 0.277. The fraction of sp³-hybridized carbons (Fsp3) is 0.474. The number of hydrogen-bond donors (Lipinski definition) is 0. The van der Waals surface area contributed by atoms with Gasteiger partial charge in [-0.2, -0.15) is 5.10 Å². The van der Waals surface area contributed by atoms with E-state index in [0.29, 0.717) is 13.0 Å². The zero-order chi connectivity index (χ0) is 18.4. The van der Waals surface area contributed by atoms with Gasteiger partial charge in [0.05, 0.1) is 18.4 Å². The summed E-state index contributed by atoms with van der Waals surface area (Å²) in [6, 6.07) is 7.94. The molecule has 0 atom stereocenters. The molecule has 0 amide bonds. The Hall–Kier alpha value is -1.88. The third-order valence-corrected chi connectivity index (χ3v) is 4.14. The summed E-state index contributed by atoms with van der Waals surface area (Å²) in [4.78, 5) is 12.3. The molecule has 6 heteroatoms. The molecule has 1 aromatic heterocycles. The number of benzene rings is 1. The van der Waals surface area contributed by atoms with Gasteiger partial charge in [-0.25, -0.2) is 4.68 Å². The molecule has 1 heterocycles. The van der Waals surface area contributed by atoms with Crippen molar-refractivity contribution < 1.29 is 9.13 Å². The van der Waals surface area contributed by atoms with Gasteiger partial charge < -0.3 is 4.74 Å². The summed E-state index contributed by atoms with van der Waals surface area (Å²) >= 11 is 6.14. The van der Waals surface area contributed by atoms with Crippen LogP contribution in [0.4, 0.5) is 4.39 Å².